The van der Waals surface area contributed by atoms with Crippen molar-refractivity contribution in [3.63, 3.8) is 0 Å². The summed E-state index contributed by atoms with van der Waals surface area (Å²) in [5.41, 5.74) is -0.798. The zero-order valence-corrected chi connectivity index (χ0v) is 12.8. The molecule has 0 unspecified atom stereocenters. The second kappa shape index (κ2) is 5.60. The second-order valence-electron chi connectivity index (χ2n) is 5.77. The van der Waals surface area contributed by atoms with Gasteiger partial charge in [-0.15, -0.1) is 0 Å². The number of halogens is 2. The van der Waals surface area contributed by atoms with Gasteiger partial charge in [-0.05, 0) is 31.4 Å². The van der Waals surface area contributed by atoms with E-state index in [9.17, 15) is 23.5 Å². The van der Waals surface area contributed by atoms with Crippen molar-refractivity contribution in [2.75, 3.05) is 0 Å². The van der Waals surface area contributed by atoms with E-state index in [1.54, 1.807) is 6.92 Å². The summed E-state index contributed by atoms with van der Waals surface area (Å²) in [4.78, 5) is 23.7. The Balaban J connectivity index is 2.55. The zero-order chi connectivity index (χ0) is 17.6. The minimum absolute atomic E-state index is 0.0232. The average Bonchev–Trinajstić information content (AvgIpc) is 3.32. The Morgan fingerprint density at radius 2 is 2.04 bits per heavy atom. The normalized spacial score (nSPS) is 13.5. The van der Waals surface area contributed by atoms with Gasteiger partial charge < -0.3 is 9.67 Å². The van der Waals surface area contributed by atoms with E-state index in [2.05, 4.69) is 18.4 Å². The molecule has 122 valence electrons. The maximum absolute atomic E-state index is 14.3. The first-order valence-corrected chi connectivity index (χ1v) is 7.29. The largest absolute Gasteiger partial charge is 0.477 e. The molecule has 0 aliphatic heterocycles. The predicted molar refractivity (Wildman–Crippen MR) is 85.0 cm³/mol. The fraction of sp³-hybridized carbons (Fsp3) is 0.222. The lowest BCUT2D eigenvalue weighted by Gasteiger charge is -2.16. The van der Waals surface area contributed by atoms with Crippen molar-refractivity contribution in [3.05, 3.63) is 57.4 Å². The molecule has 1 fully saturated rings. The zero-order valence-electron chi connectivity index (χ0n) is 12.8. The van der Waals surface area contributed by atoms with Crippen LogP contribution in [-0.2, 0) is 0 Å². The number of benzene rings is 1. The van der Waals surface area contributed by atoms with Gasteiger partial charge in [-0.1, -0.05) is 18.4 Å². The van der Waals surface area contributed by atoms with E-state index in [4.69, 9.17) is 0 Å². The quantitative estimate of drug-likeness (QED) is 0.861. The molecule has 0 bridgehead atoms. The number of hydrogen-bond acceptors (Lipinski definition) is 2. The van der Waals surface area contributed by atoms with E-state index in [1.807, 2.05) is 0 Å². The monoisotopic (exact) mass is 329 g/mol. The summed E-state index contributed by atoms with van der Waals surface area (Å²) in [6, 6.07) is 1.56. The third-order valence-corrected chi connectivity index (χ3v) is 3.76. The molecule has 1 aliphatic rings. The second-order valence-corrected chi connectivity index (χ2v) is 5.77. The SMILES string of the molecule is C=C(C)C#Cc1c(F)c(F)cc2c(=O)cc(C(=O)O)n(C3CC3)c12. The number of nitrogens with zero attached hydrogens (tertiary/aromatic N) is 1. The third kappa shape index (κ3) is 2.58. The minimum Gasteiger partial charge on any atom is -0.477 e. The van der Waals surface area contributed by atoms with Crippen molar-refractivity contribution < 1.29 is 18.7 Å². The van der Waals surface area contributed by atoms with Gasteiger partial charge in [0.15, 0.2) is 17.1 Å². The predicted octanol–water partition coefficient (Wildman–Crippen LogP) is 3.24. The van der Waals surface area contributed by atoms with Gasteiger partial charge in [0, 0.05) is 12.1 Å². The Bertz CT molecular complexity index is 1020. The average molecular weight is 329 g/mol. The Labute approximate surface area is 136 Å². The van der Waals surface area contributed by atoms with Crippen LogP contribution in [0, 0.1) is 23.5 Å². The Morgan fingerprint density at radius 1 is 1.38 bits per heavy atom. The van der Waals surface area contributed by atoms with Crippen molar-refractivity contribution in [3.8, 4) is 11.8 Å². The van der Waals surface area contributed by atoms with E-state index >= 15 is 0 Å². The van der Waals surface area contributed by atoms with E-state index < -0.39 is 23.0 Å². The molecule has 1 heterocycles. The number of fused-ring (bicyclic) bond motifs is 1. The van der Waals surface area contributed by atoms with Crippen LogP contribution < -0.4 is 5.43 Å². The lowest BCUT2D eigenvalue weighted by atomic mass is 10.1. The number of carbonyl (C=O) groups is 1. The molecule has 0 amide bonds. The topological polar surface area (TPSA) is 59.3 Å². The first-order chi connectivity index (χ1) is 11.3. The van der Waals surface area contributed by atoms with Crippen molar-refractivity contribution in [2.45, 2.75) is 25.8 Å². The number of aromatic carboxylic acids is 1. The van der Waals surface area contributed by atoms with Crippen LogP contribution in [0.4, 0.5) is 8.78 Å². The molecule has 3 rings (SSSR count). The van der Waals surface area contributed by atoms with Crippen LogP contribution in [-0.4, -0.2) is 15.6 Å². The van der Waals surface area contributed by atoms with Crippen molar-refractivity contribution >= 4 is 16.9 Å². The van der Waals surface area contributed by atoms with E-state index in [-0.39, 0.29) is 28.2 Å². The maximum atomic E-state index is 14.3. The first kappa shape index (κ1) is 15.9. The number of allylic oxidation sites excluding steroid dienone is 1. The highest BCUT2D eigenvalue weighted by Crippen LogP contribution is 2.39. The van der Waals surface area contributed by atoms with Crippen LogP contribution in [0.15, 0.2) is 29.1 Å². The van der Waals surface area contributed by atoms with Crippen LogP contribution in [0.3, 0.4) is 0 Å². The molecule has 1 aliphatic carbocycles. The first-order valence-electron chi connectivity index (χ1n) is 7.29. The molecule has 0 atom stereocenters. The smallest absolute Gasteiger partial charge is 0.352 e. The summed E-state index contributed by atoms with van der Waals surface area (Å²) >= 11 is 0. The number of carboxylic acid groups (broad SMARTS) is 1. The van der Waals surface area contributed by atoms with Gasteiger partial charge in [-0.2, -0.15) is 0 Å². The lowest BCUT2D eigenvalue weighted by Crippen LogP contribution is -2.19. The van der Waals surface area contributed by atoms with Crippen LogP contribution in [0.1, 0.15) is 41.9 Å². The van der Waals surface area contributed by atoms with E-state index in [0.717, 1.165) is 12.1 Å². The molecule has 1 aromatic heterocycles. The van der Waals surface area contributed by atoms with Crippen molar-refractivity contribution in [2.24, 2.45) is 0 Å². The standard InChI is InChI=1S/C18H13F2NO3/c1-9(2)3-6-11-16(20)13(19)7-12-15(22)8-14(18(23)24)21(17(11)12)10-4-5-10/h7-8,10H,1,4-5H2,2H3,(H,23,24). The maximum Gasteiger partial charge on any atom is 0.352 e. The van der Waals surface area contributed by atoms with Gasteiger partial charge in [-0.25, -0.2) is 13.6 Å². The number of rotatable bonds is 2. The highest BCUT2D eigenvalue weighted by atomic mass is 19.2. The fourth-order valence-electron chi connectivity index (χ4n) is 2.61. The van der Waals surface area contributed by atoms with E-state index in [1.165, 1.54) is 4.57 Å². The van der Waals surface area contributed by atoms with Crippen molar-refractivity contribution in [1.29, 1.82) is 0 Å². The highest BCUT2D eigenvalue weighted by Gasteiger charge is 2.31. The van der Waals surface area contributed by atoms with Gasteiger partial charge in [0.25, 0.3) is 0 Å². The summed E-state index contributed by atoms with van der Waals surface area (Å²) < 4.78 is 29.6. The van der Waals surface area contributed by atoms with Crippen LogP contribution >= 0.6 is 0 Å². The molecule has 24 heavy (non-hydrogen) atoms. The van der Waals surface area contributed by atoms with Gasteiger partial charge in [0.2, 0.25) is 0 Å². The Morgan fingerprint density at radius 3 is 2.58 bits per heavy atom. The molecule has 0 radical (unpaired) electrons. The van der Waals surface area contributed by atoms with Crippen molar-refractivity contribution in [1.82, 2.24) is 4.57 Å². The summed E-state index contributed by atoms with van der Waals surface area (Å²) in [6.45, 7) is 5.18. The summed E-state index contributed by atoms with van der Waals surface area (Å²) in [5.74, 6) is 1.36. The molecule has 2 aromatic rings. The number of hydrogen-bond donors (Lipinski definition) is 1. The number of carboxylic acids is 1. The molecule has 6 heteroatoms. The Kier molecular flexibility index (Phi) is 3.72. The fourth-order valence-corrected chi connectivity index (χ4v) is 2.61. The number of pyridine rings is 1. The van der Waals surface area contributed by atoms with Gasteiger partial charge >= 0.3 is 5.97 Å². The summed E-state index contributed by atoms with van der Waals surface area (Å²) in [6.07, 6.45) is 1.40. The highest BCUT2D eigenvalue weighted by molar-refractivity contribution is 5.93. The molecule has 1 aromatic carbocycles. The number of aromatic nitrogens is 1. The summed E-state index contributed by atoms with van der Waals surface area (Å²) in [7, 11) is 0. The van der Waals surface area contributed by atoms with Gasteiger partial charge in [0.1, 0.15) is 5.69 Å². The van der Waals surface area contributed by atoms with Gasteiger partial charge in [0.05, 0.1) is 16.5 Å². The lowest BCUT2D eigenvalue weighted by molar-refractivity contribution is 0.0684. The van der Waals surface area contributed by atoms with Crippen LogP contribution in [0.25, 0.3) is 10.9 Å². The molecular weight excluding hydrogens is 316 g/mol. The minimum atomic E-state index is -1.30. The molecule has 1 saturated carbocycles. The molecule has 1 N–H and O–H groups in total. The molecular formula is C18H13F2NO3. The molecule has 4 nitrogen and oxygen atoms in total. The van der Waals surface area contributed by atoms with Gasteiger partial charge in [-0.3, -0.25) is 4.79 Å². The molecule has 0 spiro atoms. The third-order valence-electron chi connectivity index (χ3n) is 3.76. The van der Waals surface area contributed by atoms with E-state index in [0.29, 0.717) is 18.4 Å². The van der Waals surface area contributed by atoms with Crippen LogP contribution in [0.5, 0.6) is 0 Å². The molecule has 0 saturated heterocycles. The Hall–Kier alpha value is -2.94. The van der Waals surface area contributed by atoms with Crippen LogP contribution in [0.2, 0.25) is 0 Å². The summed E-state index contributed by atoms with van der Waals surface area (Å²) in [5, 5.41) is 9.30.